The molecule has 0 aliphatic rings. The predicted molar refractivity (Wildman–Crippen MR) is 145 cm³/mol. The van der Waals surface area contributed by atoms with Gasteiger partial charge in [-0.1, -0.05) is 58.1 Å². The Labute approximate surface area is 213 Å². The normalized spacial score (nSPS) is 12.1. The number of nitrogens with zero attached hydrogens (tertiary/aromatic N) is 3. The average Bonchev–Trinajstić information content (AvgIpc) is 3.18. The molecule has 0 unspecified atom stereocenters. The first-order valence-electron chi connectivity index (χ1n) is 11.2. The van der Waals surface area contributed by atoms with Gasteiger partial charge in [0.2, 0.25) is 0 Å². The Morgan fingerprint density at radius 3 is 2.15 bits per heavy atom. The number of fused-ring (bicyclic) bond motifs is 1. The molecule has 1 amide bonds. The van der Waals surface area contributed by atoms with Gasteiger partial charge in [0.1, 0.15) is 0 Å². The van der Waals surface area contributed by atoms with Gasteiger partial charge in [0.15, 0.2) is 15.0 Å². The highest BCUT2D eigenvalue weighted by Crippen LogP contribution is 2.32. The number of anilines is 1. The van der Waals surface area contributed by atoms with Crippen LogP contribution in [0.1, 0.15) is 50.5 Å². The lowest BCUT2D eigenvalue weighted by molar-refractivity contribution is 0.0983. The van der Waals surface area contributed by atoms with Crippen molar-refractivity contribution in [2.75, 3.05) is 37.3 Å². The maximum absolute atomic E-state index is 13.6. The number of carbonyl (C=O) groups is 1. The van der Waals surface area contributed by atoms with Crippen molar-refractivity contribution in [2.24, 2.45) is 0 Å². The van der Waals surface area contributed by atoms with Crippen molar-refractivity contribution in [3.63, 3.8) is 0 Å². The van der Waals surface area contributed by atoms with Gasteiger partial charge in [0, 0.05) is 24.9 Å². The second-order valence-corrected chi connectivity index (χ2v) is 12.2. The second kappa shape index (κ2) is 11.2. The Morgan fingerprint density at radius 2 is 1.62 bits per heavy atom. The van der Waals surface area contributed by atoms with Crippen molar-refractivity contribution >= 4 is 54.8 Å². The first kappa shape index (κ1) is 28.2. The summed E-state index contributed by atoms with van der Waals surface area (Å²) in [5, 5.41) is 0.577. The molecule has 0 aliphatic heterocycles. The zero-order valence-corrected chi connectivity index (χ0v) is 23.1. The molecule has 1 heterocycles. The topological polar surface area (TPSA) is 70.6 Å². The van der Waals surface area contributed by atoms with E-state index in [0.29, 0.717) is 22.8 Å². The van der Waals surface area contributed by atoms with Crippen molar-refractivity contribution in [3.05, 3.63) is 53.6 Å². The van der Waals surface area contributed by atoms with Crippen LogP contribution >= 0.6 is 23.7 Å². The van der Waals surface area contributed by atoms with E-state index in [1.807, 2.05) is 24.3 Å². The van der Waals surface area contributed by atoms with Crippen LogP contribution in [-0.2, 0) is 15.3 Å². The van der Waals surface area contributed by atoms with Crippen LogP contribution < -0.4 is 4.90 Å². The number of amides is 1. The number of hydrogen-bond acceptors (Lipinski definition) is 6. The van der Waals surface area contributed by atoms with Gasteiger partial charge in [-0.25, -0.2) is 13.4 Å². The number of likely N-dealkylation sites (N-methyl/N-ethyl adjacent to an activating group) is 1. The molecular weight excluding hydrogens is 490 g/mol. The third-order valence-corrected chi connectivity index (χ3v) is 7.94. The van der Waals surface area contributed by atoms with Crippen LogP contribution in [0.2, 0.25) is 0 Å². The number of sulfone groups is 1. The third kappa shape index (κ3) is 6.56. The maximum atomic E-state index is 13.6. The summed E-state index contributed by atoms with van der Waals surface area (Å²) in [6.45, 7) is 13.7. The molecule has 6 nitrogen and oxygen atoms in total. The van der Waals surface area contributed by atoms with E-state index >= 15 is 0 Å². The summed E-state index contributed by atoms with van der Waals surface area (Å²) in [6.07, 6.45) is 1.19. The van der Waals surface area contributed by atoms with Gasteiger partial charge in [-0.3, -0.25) is 9.69 Å². The lowest BCUT2D eigenvalue weighted by Crippen LogP contribution is -2.38. The molecule has 0 atom stereocenters. The molecule has 3 rings (SSSR count). The minimum absolute atomic E-state index is 0. The molecule has 0 aliphatic carbocycles. The minimum atomic E-state index is -3.32. The lowest BCUT2D eigenvalue weighted by atomic mass is 9.86. The van der Waals surface area contributed by atoms with Crippen LogP contribution in [0.25, 0.3) is 10.2 Å². The van der Waals surface area contributed by atoms with E-state index in [9.17, 15) is 13.2 Å². The molecule has 9 heteroatoms. The Hall–Kier alpha value is -2.00. The van der Waals surface area contributed by atoms with Crippen LogP contribution in [0.3, 0.4) is 0 Å². The highest BCUT2D eigenvalue weighted by atomic mass is 35.5. The highest BCUT2D eigenvalue weighted by molar-refractivity contribution is 7.90. The maximum Gasteiger partial charge on any atom is 0.260 e. The van der Waals surface area contributed by atoms with Gasteiger partial charge < -0.3 is 4.90 Å². The van der Waals surface area contributed by atoms with Crippen molar-refractivity contribution in [1.29, 1.82) is 0 Å². The summed E-state index contributed by atoms with van der Waals surface area (Å²) in [4.78, 5) is 22.5. The summed E-state index contributed by atoms with van der Waals surface area (Å²) in [6, 6.07) is 12.7. The van der Waals surface area contributed by atoms with Crippen molar-refractivity contribution in [1.82, 2.24) is 9.88 Å². The zero-order valence-electron chi connectivity index (χ0n) is 20.7. The van der Waals surface area contributed by atoms with E-state index in [4.69, 9.17) is 0 Å². The molecule has 0 radical (unpaired) electrons. The molecule has 0 bridgehead atoms. The van der Waals surface area contributed by atoms with Gasteiger partial charge in [-0.15, -0.1) is 12.4 Å². The van der Waals surface area contributed by atoms with E-state index in [2.05, 4.69) is 44.5 Å². The van der Waals surface area contributed by atoms with Crippen LogP contribution in [0.4, 0.5) is 5.13 Å². The summed E-state index contributed by atoms with van der Waals surface area (Å²) < 4.78 is 24.7. The van der Waals surface area contributed by atoms with Gasteiger partial charge in [-0.2, -0.15) is 0 Å². The van der Waals surface area contributed by atoms with Crippen molar-refractivity contribution < 1.29 is 13.2 Å². The number of rotatable bonds is 8. The van der Waals surface area contributed by atoms with E-state index in [1.54, 1.807) is 23.1 Å². The molecule has 0 saturated heterocycles. The molecule has 2 aromatic carbocycles. The minimum Gasteiger partial charge on any atom is -0.302 e. The Morgan fingerprint density at radius 1 is 1.00 bits per heavy atom. The molecule has 34 heavy (non-hydrogen) atoms. The van der Waals surface area contributed by atoms with E-state index in [0.717, 1.165) is 24.3 Å². The number of carbonyl (C=O) groups excluding carboxylic acids is 1. The number of halogens is 1. The summed E-state index contributed by atoms with van der Waals surface area (Å²) in [5.74, 6) is -0.106. The fourth-order valence-electron chi connectivity index (χ4n) is 3.57. The van der Waals surface area contributed by atoms with Gasteiger partial charge in [0.05, 0.1) is 15.1 Å². The Kier molecular flexibility index (Phi) is 9.27. The fourth-order valence-corrected chi connectivity index (χ4v) is 5.32. The molecule has 0 N–H and O–H groups in total. The highest BCUT2D eigenvalue weighted by Gasteiger charge is 2.23. The first-order valence-corrected chi connectivity index (χ1v) is 13.9. The third-order valence-electron chi connectivity index (χ3n) is 5.78. The summed E-state index contributed by atoms with van der Waals surface area (Å²) in [5.41, 5.74) is 2.47. The van der Waals surface area contributed by atoms with Gasteiger partial charge >= 0.3 is 0 Å². The summed E-state index contributed by atoms with van der Waals surface area (Å²) >= 11 is 1.34. The van der Waals surface area contributed by atoms with E-state index in [1.165, 1.54) is 23.2 Å². The molecule has 0 spiro atoms. The molecule has 0 saturated carbocycles. The molecule has 0 fully saturated rings. The molecule has 1 aromatic heterocycles. The lowest BCUT2D eigenvalue weighted by Gasteiger charge is -2.25. The molecule has 3 aromatic rings. The molecular formula is C25H34ClN3O3S2. The number of hydrogen-bond donors (Lipinski definition) is 0. The predicted octanol–water partition coefficient (Wildman–Crippen LogP) is 5.41. The largest absolute Gasteiger partial charge is 0.302 e. The standard InChI is InChI=1S/C25H33N3O3S2.ClH/c1-7-27(8-2)15-16-28(23(29)18-9-11-19(12-10-18)25(3,4)5)24-26-21-14-13-20(33(6,30)31)17-22(21)32-24;/h9-14,17H,7-8,15-16H2,1-6H3;1H. The quantitative estimate of drug-likeness (QED) is 0.395. The van der Waals surface area contributed by atoms with E-state index in [-0.39, 0.29) is 28.6 Å². The first-order chi connectivity index (χ1) is 15.4. The smallest absolute Gasteiger partial charge is 0.260 e. The Balaban J connectivity index is 0.00000408. The summed E-state index contributed by atoms with van der Waals surface area (Å²) in [7, 11) is -3.32. The number of benzene rings is 2. The average molecular weight is 524 g/mol. The number of thiazole rings is 1. The second-order valence-electron chi connectivity index (χ2n) is 9.21. The van der Waals surface area contributed by atoms with Gasteiger partial charge in [-0.05, 0) is 54.4 Å². The van der Waals surface area contributed by atoms with Gasteiger partial charge in [0.25, 0.3) is 5.91 Å². The van der Waals surface area contributed by atoms with Crippen molar-refractivity contribution in [3.8, 4) is 0 Å². The van der Waals surface area contributed by atoms with Crippen LogP contribution in [0, 0.1) is 0 Å². The van der Waals surface area contributed by atoms with E-state index < -0.39 is 9.84 Å². The van der Waals surface area contributed by atoms with Crippen LogP contribution in [-0.4, -0.2) is 56.6 Å². The number of aromatic nitrogens is 1. The monoisotopic (exact) mass is 523 g/mol. The van der Waals surface area contributed by atoms with Crippen molar-refractivity contribution in [2.45, 2.75) is 44.9 Å². The SMILES string of the molecule is CCN(CC)CCN(C(=O)c1ccc(C(C)(C)C)cc1)c1nc2ccc(S(C)(=O)=O)cc2s1.Cl. The van der Waals surface area contributed by atoms with Crippen LogP contribution in [0.5, 0.6) is 0 Å². The fraction of sp³-hybridized carbons (Fsp3) is 0.440. The molecule has 186 valence electrons. The Bertz CT molecular complexity index is 1230. The zero-order chi connectivity index (χ0) is 24.4. The van der Waals surface area contributed by atoms with Crippen LogP contribution in [0.15, 0.2) is 47.4 Å².